The molecule has 2 amide bonds. The molecule has 46 heavy (non-hydrogen) atoms. The van der Waals surface area contributed by atoms with Gasteiger partial charge in [-0.15, -0.1) is 0 Å². The first kappa shape index (κ1) is 33.6. The van der Waals surface area contributed by atoms with Gasteiger partial charge in [-0.1, -0.05) is 48.0 Å². The van der Waals surface area contributed by atoms with Crippen LogP contribution in [0.25, 0.3) is 0 Å². The third-order valence-corrected chi connectivity index (χ3v) is 8.90. The van der Waals surface area contributed by atoms with E-state index < -0.39 is 6.09 Å². The molecule has 1 saturated heterocycles. The van der Waals surface area contributed by atoms with E-state index >= 15 is 0 Å². The maximum absolute atomic E-state index is 12.7. The zero-order valence-corrected chi connectivity index (χ0v) is 27.1. The van der Waals surface area contributed by atoms with Gasteiger partial charge >= 0.3 is 6.09 Å². The summed E-state index contributed by atoms with van der Waals surface area (Å²) in [6.07, 6.45) is 3.10. The van der Waals surface area contributed by atoms with Crippen molar-refractivity contribution in [1.82, 2.24) is 4.90 Å². The van der Waals surface area contributed by atoms with Gasteiger partial charge in [0.25, 0.3) is 0 Å². The van der Waals surface area contributed by atoms with Crippen LogP contribution in [0.2, 0.25) is 5.02 Å². The number of halogens is 1. The van der Waals surface area contributed by atoms with Crippen LogP contribution in [0.5, 0.6) is 11.5 Å². The minimum Gasteiger partial charge on any atom is -0.494 e. The van der Waals surface area contributed by atoms with Gasteiger partial charge in [0.15, 0.2) is 0 Å². The number of carbonyl (C=O) groups excluding carboxylic acids is 1. The molecule has 0 aliphatic carbocycles. The predicted octanol–water partition coefficient (Wildman–Crippen LogP) is 6.95. The van der Waals surface area contributed by atoms with E-state index in [-0.39, 0.29) is 17.9 Å². The van der Waals surface area contributed by atoms with E-state index in [0.29, 0.717) is 69.7 Å². The molecule has 2 unspecified atom stereocenters. The number of aryl methyl sites for hydroxylation is 1. The predicted molar refractivity (Wildman–Crippen MR) is 177 cm³/mol. The first-order valence-electron chi connectivity index (χ1n) is 16.0. The second-order valence-electron chi connectivity index (χ2n) is 11.7. The standard InChI is InChI=1S/C36H43ClN2O7/c1-43-20-6-18-39-32-23-26(9-10-28(32)13-16-35(39)40)25-46-34-24-38(36(41)42)19-17-30(34)27-11-14-29(15-12-27)44-21-4-5-22-45-33-8-3-2-7-31(33)37/h2-3,7-12,14-15,23,30,34H,4-6,13,16-22,24-25H2,1H3,(H,41,42). The molecule has 0 bridgehead atoms. The molecule has 0 radical (unpaired) electrons. The van der Waals surface area contributed by atoms with Crippen molar-refractivity contribution in [3.8, 4) is 11.5 Å². The van der Waals surface area contributed by atoms with Crippen molar-refractivity contribution in [1.29, 1.82) is 0 Å². The molecule has 3 aromatic rings. The SMILES string of the molecule is COCCCN1C(=O)CCc2ccc(COC3CN(C(=O)O)CCC3c3ccc(OCCCCOc4ccccc4Cl)cc3)cc21. The molecule has 10 heteroatoms. The van der Waals surface area contributed by atoms with Gasteiger partial charge in [-0.3, -0.25) is 4.79 Å². The Morgan fingerprint density at radius 2 is 1.74 bits per heavy atom. The number of piperidine rings is 1. The zero-order valence-electron chi connectivity index (χ0n) is 26.4. The summed E-state index contributed by atoms with van der Waals surface area (Å²) in [5, 5.41) is 10.3. The molecule has 1 fully saturated rings. The molecule has 9 nitrogen and oxygen atoms in total. The number of fused-ring (bicyclic) bond motifs is 1. The highest BCUT2D eigenvalue weighted by atomic mass is 35.5. The number of nitrogens with zero attached hydrogens (tertiary/aromatic N) is 2. The lowest BCUT2D eigenvalue weighted by molar-refractivity contribution is -0.118. The number of likely N-dealkylation sites (tertiary alicyclic amines) is 1. The Morgan fingerprint density at radius 3 is 2.50 bits per heavy atom. The lowest BCUT2D eigenvalue weighted by Crippen LogP contribution is -2.46. The van der Waals surface area contributed by atoms with E-state index in [1.807, 2.05) is 53.4 Å². The Bertz CT molecular complexity index is 1450. The van der Waals surface area contributed by atoms with E-state index in [1.165, 1.54) is 4.90 Å². The van der Waals surface area contributed by atoms with Crippen LogP contribution in [0.3, 0.4) is 0 Å². The van der Waals surface area contributed by atoms with E-state index in [9.17, 15) is 14.7 Å². The Balaban J connectivity index is 1.16. The Labute approximate surface area is 275 Å². The summed E-state index contributed by atoms with van der Waals surface area (Å²) < 4.78 is 23.4. The first-order chi connectivity index (χ1) is 22.4. The van der Waals surface area contributed by atoms with E-state index in [4.69, 9.17) is 30.5 Å². The number of carbonyl (C=O) groups is 2. The van der Waals surface area contributed by atoms with Crippen molar-refractivity contribution in [3.63, 3.8) is 0 Å². The second kappa shape index (κ2) is 16.7. The van der Waals surface area contributed by atoms with Crippen molar-refractivity contribution in [2.45, 2.75) is 57.2 Å². The van der Waals surface area contributed by atoms with Gasteiger partial charge in [0.2, 0.25) is 5.91 Å². The highest BCUT2D eigenvalue weighted by Gasteiger charge is 2.33. The number of methoxy groups -OCH3 is 1. The molecule has 2 heterocycles. The molecule has 0 aromatic heterocycles. The summed E-state index contributed by atoms with van der Waals surface area (Å²) in [4.78, 5) is 27.9. The Kier molecular flexibility index (Phi) is 12.2. The summed E-state index contributed by atoms with van der Waals surface area (Å²) in [5.41, 5.74) is 4.14. The van der Waals surface area contributed by atoms with Gasteiger partial charge in [0, 0.05) is 44.8 Å². The normalized spacial score (nSPS) is 17.9. The van der Waals surface area contributed by atoms with Crippen LogP contribution in [0.1, 0.15) is 54.7 Å². The second-order valence-corrected chi connectivity index (χ2v) is 12.1. The van der Waals surface area contributed by atoms with Crippen LogP contribution in [-0.2, 0) is 27.3 Å². The third-order valence-electron chi connectivity index (χ3n) is 8.58. The van der Waals surface area contributed by atoms with Crippen LogP contribution in [-0.4, -0.2) is 74.7 Å². The van der Waals surface area contributed by atoms with Crippen LogP contribution in [0, 0.1) is 0 Å². The first-order valence-corrected chi connectivity index (χ1v) is 16.4. The maximum atomic E-state index is 12.7. The van der Waals surface area contributed by atoms with Crippen molar-refractivity contribution in [3.05, 3.63) is 88.4 Å². The number of ether oxygens (including phenoxy) is 4. The summed E-state index contributed by atoms with van der Waals surface area (Å²) >= 11 is 6.14. The van der Waals surface area contributed by atoms with E-state index in [0.717, 1.165) is 53.8 Å². The van der Waals surface area contributed by atoms with Gasteiger partial charge in [0.1, 0.15) is 11.5 Å². The number of hydrogen-bond acceptors (Lipinski definition) is 6. The monoisotopic (exact) mass is 650 g/mol. The van der Waals surface area contributed by atoms with Gasteiger partial charge < -0.3 is 33.9 Å². The Hall–Kier alpha value is -3.79. The molecule has 2 aliphatic heterocycles. The van der Waals surface area contributed by atoms with Crippen LogP contribution < -0.4 is 14.4 Å². The summed E-state index contributed by atoms with van der Waals surface area (Å²) in [6.45, 7) is 3.41. The van der Waals surface area contributed by atoms with Crippen LogP contribution >= 0.6 is 11.6 Å². The summed E-state index contributed by atoms with van der Waals surface area (Å²) in [5.74, 6) is 1.64. The van der Waals surface area contributed by atoms with Crippen molar-refractivity contribution in [2.75, 3.05) is 51.5 Å². The minimum atomic E-state index is -0.938. The number of carboxylic acid groups (broad SMARTS) is 1. The van der Waals surface area contributed by atoms with E-state index in [2.05, 4.69) is 18.2 Å². The number of hydrogen-bond donors (Lipinski definition) is 1. The molecule has 0 saturated carbocycles. The highest BCUT2D eigenvalue weighted by Crippen LogP contribution is 2.34. The molecular formula is C36H43ClN2O7. The number of para-hydroxylation sites is 1. The van der Waals surface area contributed by atoms with Crippen molar-refractivity contribution in [2.24, 2.45) is 0 Å². The number of anilines is 1. The van der Waals surface area contributed by atoms with Crippen LogP contribution in [0.4, 0.5) is 10.5 Å². The zero-order chi connectivity index (χ0) is 32.3. The molecule has 1 N–H and O–H groups in total. The fourth-order valence-corrected chi connectivity index (χ4v) is 6.27. The molecule has 0 spiro atoms. The average molecular weight is 651 g/mol. The molecule has 5 rings (SSSR count). The minimum absolute atomic E-state index is 0.0383. The summed E-state index contributed by atoms with van der Waals surface area (Å²) in [7, 11) is 1.66. The quantitative estimate of drug-likeness (QED) is 0.178. The number of rotatable bonds is 15. The summed E-state index contributed by atoms with van der Waals surface area (Å²) in [6, 6.07) is 21.7. The molecule has 2 aliphatic rings. The molecule has 246 valence electrons. The molecular weight excluding hydrogens is 608 g/mol. The highest BCUT2D eigenvalue weighted by molar-refractivity contribution is 6.32. The Morgan fingerprint density at radius 1 is 0.957 bits per heavy atom. The lowest BCUT2D eigenvalue weighted by atomic mass is 9.87. The van der Waals surface area contributed by atoms with Crippen molar-refractivity contribution < 1.29 is 33.6 Å². The van der Waals surface area contributed by atoms with Gasteiger partial charge in [0.05, 0.1) is 37.5 Å². The number of benzene rings is 3. The smallest absolute Gasteiger partial charge is 0.407 e. The number of unbranched alkanes of at least 4 members (excludes halogenated alkanes) is 1. The fraction of sp³-hybridized carbons (Fsp3) is 0.444. The third kappa shape index (κ3) is 8.93. The fourth-order valence-electron chi connectivity index (χ4n) is 6.08. The molecule has 2 atom stereocenters. The van der Waals surface area contributed by atoms with Gasteiger partial charge in [-0.05, 0) is 79.1 Å². The molecule has 3 aromatic carbocycles. The van der Waals surface area contributed by atoms with Gasteiger partial charge in [-0.2, -0.15) is 0 Å². The van der Waals surface area contributed by atoms with Crippen molar-refractivity contribution >= 4 is 29.3 Å². The lowest BCUT2D eigenvalue weighted by Gasteiger charge is -2.37. The topological polar surface area (TPSA) is 97.8 Å². The number of amides is 2. The average Bonchev–Trinajstić information content (AvgIpc) is 3.07. The maximum Gasteiger partial charge on any atom is 0.407 e. The van der Waals surface area contributed by atoms with Gasteiger partial charge in [-0.25, -0.2) is 4.79 Å². The largest absolute Gasteiger partial charge is 0.494 e. The van der Waals surface area contributed by atoms with Crippen LogP contribution in [0.15, 0.2) is 66.7 Å². The van der Waals surface area contributed by atoms with E-state index in [1.54, 1.807) is 7.11 Å².